The predicted molar refractivity (Wildman–Crippen MR) is 108 cm³/mol. The maximum Gasteiger partial charge on any atom is 0.241 e. The maximum absolute atomic E-state index is 12.8. The van der Waals surface area contributed by atoms with E-state index in [-0.39, 0.29) is 6.04 Å². The molecular weight excluding hydrogens is 342 g/mol. The van der Waals surface area contributed by atoms with Gasteiger partial charge in [0.1, 0.15) is 0 Å². The highest BCUT2D eigenvalue weighted by Gasteiger charge is 2.21. The van der Waals surface area contributed by atoms with Gasteiger partial charge in [-0.05, 0) is 47.9 Å². The van der Waals surface area contributed by atoms with Crippen molar-refractivity contribution in [2.45, 2.75) is 44.0 Å². The van der Waals surface area contributed by atoms with Crippen LogP contribution in [0.1, 0.15) is 43.4 Å². The van der Waals surface area contributed by atoms with Gasteiger partial charge < -0.3 is 0 Å². The molecule has 0 radical (unpaired) electrons. The Labute approximate surface area is 156 Å². The summed E-state index contributed by atoms with van der Waals surface area (Å²) >= 11 is 0. The lowest BCUT2D eigenvalue weighted by Gasteiger charge is -2.20. The molecule has 0 saturated heterocycles. The van der Waals surface area contributed by atoms with Crippen LogP contribution in [0.5, 0.6) is 0 Å². The molecule has 0 aliphatic carbocycles. The van der Waals surface area contributed by atoms with Gasteiger partial charge in [0.25, 0.3) is 0 Å². The standard InChI is InChI=1S/C22H25NO2S/c1-3-4-9-22(20-13-12-18-7-5-6-8-19(18)16-20)23-26(24,25)21-14-10-17(2)11-15-21/h5-8,10-16,22-23H,3-4,9H2,1-2H3. The van der Waals surface area contributed by atoms with E-state index in [0.29, 0.717) is 4.90 Å². The average molecular weight is 368 g/mol. The minimum atomic E-state index is -3.56. The van der Waals surface area contributed by atoms with Gasteiger partial charge in [-0.3, -0.25) is 0 Å². The molecule has 136 valence electrons. The molecule has 0 spiro atoms. The van der Waals surface area contributed by atoms with Crippen LogP contribution in [0.15, 0.2) is 71.6 Å². The molecular formula is C22H25NO2S. The van der Waals surface area contributed by atoms with Crippen molar-refractivity contribution in [1.29, 1.82) is 0 Å². The molecule has 4 heteroatoms. The van der Waals surface area contributed by atoms with Crippen molar-refractivity contribution < 1.29 is 8.42 Å². The van der Waals surface area contributed by atoms with E-state index in [2.05, 4.69) is 35.9 Å². The third kappa shape index (κ3) is 4.32. The zero-order chi connectivity index (χ0) is 18.6. The molecule has 0 aliphatic rings. The number of rotatable bonds is 7. The van der Waals surface area contributed by atoms with Gasteiger partial charge in [-0.1, -0.05) is 73.9 Å². The number of nitrogens with one attached hydrogen (secondary N) is 1. The smallest absolute Gasteiger partial charge is 0.207 e. The lowest BCUT2D eigenvalue weighted by molar-refractivity contribution is 0.525. The Kier molecular flexibility index (Phi) is 5.74. The van der Waals surface area contributed by atoms with Crippen LogP contribution in [-0.4, -0.2) is 8.42 Å². The second-order valence-corrected chi connectivity index (χ2v) is 8.45. The SMILES string of the molecule is CCCCC(NS(=O)(=O)c1ccc(C)cc1)c1ccc2ccccc2c1. The van der Waals surface area contributed by atoms with Gasteiger partial charge in [-0.25, -0.2) is 13.1 Å². The summed E-state index contributed by atoms with van der Waals surface area (Å²) in [5, 5.41) is 2.29. The van der Waals surface area contributed by atoms with Crippen LogP contribution in [0.25, 0.3) is 10.8 Å². The monoisotopic (exact) mass is 367 g/mol. The summed E-state index contributed by atoms with van der Waals surface area (Å²) in [6.07, 6.45) is 2.77. The first-order valence-corrected chi connectivity index (χ1v) is 10.6. The summed E-state index contributed by atoms with van der Waals surface area (Å²) in [5.74, 6) is 0. The fourth-order valence-electron chi connectivity index (χ4n) is 3.10. The molecule has 0 fully saturated rings. The summed E-state index contributed by atoms with van der Waals surface area (Å²) in [4.78, 5) is 0.311. The van der Waals surface area contributed by atoms with Crippen molar-refractivity contribution in [1.82, 2.24) is 4.72 Å². The number of sulfonamides is 1. The number of hydrogen-bond donors (Lipinski definition) is 1. The Hall–Kier alpha value is -2.17. The second-order valence-electron chi connectivity index (χ2n) is 6.74. The second kappa shape index (κ2) is 8.02. The molecule has 1 N–H and O–H groups in total. The van der Waals surface area contributed by atoms with Crippen molar-refractivity contribution >= 4 is 20.8 Å². The number of aryl methyl sites for hydroxylation is 1. The molecule has 26 heavy (non-hydrogen) atoms. The Morgan fingerprint density at radius 1 is 0.923 bits per heavy atom. The lowest BCUT2D eigenvalue weighted by atomic mass is 9.99. The molecule has 3 rings (SSSR count). The fraction of sp³-hybridized carbons (Fsp3) is 0.273. The van der Waals surface area contributed by atoms with Crippen molar-refractivity contribution in [3.05, 3.63) is 77.9 Å². The minimum Gasteiger partial charge on any atom is -0.207 e. The third-order valence-corrected chi connectivity index (χ3v) is 6.14. The normalized spacial score (nSPS) is 13.0. The predicted octanol–water partition coefficient (Wildman–Crippen LogP) is 5.36. The molecule has 1 unspecified atom stereocenters. The van der Waals surface area contributed by atoms with Crippen molar-refractivity contribution in [3.63, 3.8) is 0 Å². The molecule has 0 aromatic heterocycles. The van der Waals surface area contributed by atoms with Gasteiger partial charge in [0.15, 0.2) is 0 Å². The number of benzene rings is 3. The van der Waals surface area contributed by atoms with E-state index in [1.165, 1.54) is 0 Å². The molecule has 3 aromatic carbocycles. The van der Waals surface area contributed by atoms with E-state index in [1.54, 1.807) is 12.1 Å². The quantitative estimate of drug-likeness (QED) is 0.611. The van der Waals surface area contributed by atoms with Gasteiger partial charge in [-0.15, -0.1) is 0 Å². The molecule has 3 aromatic rings. The molecule has 0 bridgehead atoms. The van der Waals surface area contributed by atoms with Gasteiger partial charge in [0, 0.05) is 6.04 Å². The number of fused-ring (bicyclic) bond motifs is 1. The van der Waals surface area contributed by atoms with Gasteiger partial charge in [0.2, 0.25) is 10.0 Å². The average Bonchev–Trinajstić information content (AvgIpc) is 2.65. The van der Waals surface area contributed by atoms with Gasteiger partial charge >= 0.3 is 0 Å². The Bertz CT molecular complexity index is 978. The third-order valence-electron chi connectivity index (χ3n) is 4.65. The molecule has 1 atom stereocenters. The highest BCUT2D eigenvalue weighted by atomic mass is 32.2. The van der Waals surface area contributed by atoms with Crippen molar-refractivity contribution in [2.75, 3.05) is 0 Å². The fourth-order valence-corrected chi connectivity index (χ4v) is 4.36. The molecule has 0 saturated carbocycles. The van der Waals surface area contributed by atoms with E-state index in [9.17, 15) is 8.42 Å². The first kappa shape index (κ1) is 18.6. The van der Waals surface area contributed by atoms with Crippen LogP contribution in [0, 0.1) is 6.92 Å². The summed E-state index contributed by atoms with van der Waals surface area (Å²) in [6, 6.07) is 21.1. The highest BCUT2D eigenvalue weighted by molar-refractivity contribution is 7.89. The van der Waals surface area contributed by atoms with E-state index in [0.717, 1.165) is 41.2 Å². The summed E-state index contributed by atoms with van der Waals surface area (Å²) in [6.45, 7) is 4.06. The van der Waals surface area contributed by atoms with E-state index < -0.39 is 10.0 Å². The Balaban J connectivity index is 1.92. The van der Waals surface area contributed by atoms with Gasteiger partial charge in [-0.2, -0.15) is 0 Å². The first-order chi connectivity index (χ1) is 12.5. The summed E-state index contributed by atoms with van der Waals surface area (Å²) in [5.41, 5.74) is 2.05. The van der Waals surface area contributed by atoms with Crippen LogP contribution < -0.4 is 4.72 Å². The van der Waals surface area contributed by atoms with Crippen LogP contribution in [0.3, 0.4) is 0 Å². The van der Waals surface area contributed by atoms with E-state index >= 15 is 0 Å². The molecule has 0 heterocycles. The zero-order valence-corrected chi connectivity index (χ0v) is 16.1. The van der Waals surface area contributed by atoms with Crippen molar-refractivity contribution in [2.24, 2.45) is 0 Å². The van der Waals surface area contributed by atoms with Crippen molar-refractivity contribution in [3.8, 4) is 0 Å². The van der Waals surface area contributed by atoms with Crippen LogP contribution in [-0.2, 0) is 10.0 Å². The largest absolute Gasteiger partial charge is 0.241 e. The lowest BCUT2D eigenvalue weighted by Crippen LogP contribution is -2.28. The molecule has 3 nitrogen and oxygen atoms in total. The number of hydrogen-bond acceptors (Lipinski definition) is 2. The van der Waals surface area contributed by atoms with E-state index in [1.807, 2.05) is 37.3 Å². The van der Waals surface area contributed by atoms with Gasteiger partial charge in [0.05, 0.1) is 4.90 Å². The Morgan fingerprint density at radius 2 is 1.62 bits per heavy atom. The molecule has 0 amide bonds. The summed E-state index contributed by atoms with van der Waals surface area (Å²) < 4.78 is 28.6. The first-order valence-electron chi connectivity index (χ1n) is 9.07. The number of unbranched alkanes of at least 4 members (excludes halogenated alkanes) is 1. The highest BCUT2D eigenvalue weighted by Crippen LogP contribution is 2.26. The zero-order valence-electron chi connectivity index (χ0n) is 15.3. The summed E-state index contributed by atoms with van der Waals surface area (Å²) in [7, 11) is -3.56. The molecule has 0 aliphatic heterocycles. The van der Waals surface area contributed by atoms with Crippen LogP contribution in [0.2, 0.25) is 0 Å². The Morgan fingerprint density at radius 3 is 2.31 bits per heavy atom. The van der Waals surface area contributed by atoms with E-state index in [4.69, 9.17) is 0 Å². The van der Waals surface area contributed by atoms with Crippen LogP contribution >= 0.6 is 0 Å². The maximum atomic E-state index is 12.8. The van der Waals surface area contributed by atoms with Crippen LogP contribution in [0.4, 0.5) is 0 Å². The minimum absolute atomic E-state index is 0.231. The topological polar surface area (TPSA) is 46.2 Å².